The smallest absolute Gasteiger partial charge is 0.365 e. The van der Waals surface area contributed by atoms with E-state index in [0.29, 0.717) is 0 Å². The molecule has 0 atom stereocenters. The van der Waals surface area contributed by atoms with E-state index in [0.717, 1.165) is 0 Å². The average molecular weight is 203 g/mol. The van der Waals surface area contributed by atoms with Gasteiger partial charge in [0.15, 0.2) is 5.79 Å². The summed E-state index contributed by atoms with van der Waals surface area (Å²) >= 11 is 0. The molecule has 0 fully saturated rings. The molecule has 0 heterocycles. The van der Waals surface area contributed by atoms with Crippen molar-refractivity contribution in [2.75, 3.05) is 6.54 Å². The van der Waals surface area contributed by atoms with Crippen molar-refractivity contribution >= 4 is 10.4 Å². The molecule has 6 N–H and O–H groups in total. The standard InChI is InChI=1S/C4H11NO2.H2O4S/c1-2-4(6,7)3-5;1-5(2,3)4/h6-7H,2-3,5H2,1H3;(H2,1,2,3,4). The molecule has 0 unspecified atom stereocenters. The van der Waals surface area contributed by atoms with Crippen molar-refractivity contribution in [1.82, 2.24) is 0 Å². The van der Waals surface area contributed by atoms with Gasteiger partial charge >= 0.3 is 10.4 Å². The first kappa shape index (κ1) is 14.3. The lowest BCUT2D eigenvalue weighted by molar-refractivity contribution is -0.153. The van der Waals surface area contributed by atoms with Crippen LogP contribution in [0.5, 0.6) is 0 Å². The highest BCUT2D eigenvalue weighted by Gasteiger charge is 2.15. The molecule has 0 rings (SSSR count). The van der Waals surface area contributed by atoms with Gasteiger partial charge in [-0.25, -0.2) is 0 Å². The number of rotatable bonds is 2. The highest BCUT2D eigenvalue weighted by Crippen LogP contribution is 1.99. The van der Waals surface area contributed by atoms with Crippen LogP contribution in [0.25, 0.3) is 0 Å². The van der Waals surface area contributed by atoms with E-state index in [9.17, 15) is 0 Å². The molecule has 0 saturated carbocycles. The molecule has 0 aliphatic carbocycles. The monoisotopic (exact) mass is 203 g/mol. The fourth-order valence-corrected chi connectivity index (χ4v) is 0.144. The van der Waals surface area contributed by atoms with Crippen LogP contribution < -0.4 is 5.73 Å². The summed E-state index contributed by atoms with van der Waals surface area (Å²) in [6.07, 6.45) is 0.281. The Morgan fingerprint density at radius 3 is 1.58 bits per heavy atom. The van der Waals surface area contributed by atoms with Crippen LogP contribution in [-0.2, 0) is 10.4 Å². The SMILES string of the molecule is CCC(O)(O)CN.O=S(=O)(O)O. The van der Waals surface area contributed by atoms with E-state index in [1.807, 2.05) is 0 Å². The van der Waals surface area contributed by atoms with Gasteiger partial charge in [0.05, 0.1) is 0 Å². The Morgan fingerprint density at radius 1 is 1.33 bits per heavy atom. The molecule has 0 aliphatic heterocycles. The molecule has 0 spiro atoms. The third-order valence-corrected chi connectivity index (χ3v) is 0.893. The van der Waals surface area contributed by atoms with Crippen LogP contribution in [0, 0.1) is 0 Å². The lowest BCUT2D eigenvalue weighted by Crippen LogP contribution is -2.36. The summed E-state index contributed by atoms with van der Waals surface area (Å²) in [5.41, 5.74) is 4.92. The zero-order valence-electron chi connectivity index (χ0n) is 6.51. The van der Waals surface area contributed by atoms with Crippen molar-refractivity contribution in [2.45, 2.75) is 19.1 Å². The van der Waals surface area contributed by atoms with Gasteiger partial charge in [0, 0.05) is 6.54 Å². The largest absolute Gasteiger partial charge is 0.394 e. The highest BCUT2D eigenvalue weighted by atomic mass is 32.3. The summed E-state index contributed by atoms with van der Waals surface area (Å²) in [6.45, 7) is 1.57. The fourth-order valence-electron chi connectivity index (χ4n) is 0.144. The number of nitrogens with two attached hydrogens (primary N) is 1. The third kappa shape index (κ3) is 22.6. The second kappa shape index (κ2) is 5.41. The maximum atomic E-state index is 8.74. The van der Waals surface area contributed by atoms with E-state index in [-0.39, 0.29) is 13.0 Å². The van der Waals surface area contributed by atoms with Gasteiger partial charge in [-0.15, -0.1) is 0 Å². The molecule has 8 heteroatoms. The Morgan fingerprint density at radius 2 is 1.58 bits per heavy atom. The van der Waals surface area contributed by atoms with Crippen LogP contribution in [0.4, 0.5) is 0 Å². The summed E-state index contributed by atoms with van der Waals surface area (Å²) in [7, 11) is -4.67. The normalized spacial score (nSPS) is 11.8. The lowest BCUT2D eigenvalue weighted by Gasteiger charge is -2.15. The van der Waals surface area contributed by atoms with Crippen LogP contribution in [-0.4, -0.2) is 40.1 Å². The topological polar surface area (TPSA) is 141 Å². The van der Waals surface area contributed by atoms with Gasteiger partial charge in [-0.05, 0) is 6.42 Å². The average Bonchev–Trinajstić information content (AvgIpc) is 1.85. The Labute approximate surface area is 70.4 Å². The van der Waals surface area contributed by atoms with Crippen molar-refractivity contribution in [3.05, 3.63) is 0 Å². The molecule has 0 aromatic carbocycles. The molecule has 76 valence electrons. The third-order valence-electron chi connectivity index (χ3n) is 0.893. The van der Waals surface area contributed by atoms with Crippen molar-refractivity contribution in [1.29, 1.82) is 0 Å². The predicted molar refractivity (Wildman–Crippen MR) is 40.7 cm³/mol. The predicted octanol–water partition coefficient (Wildman–Crippen LogP) is -1.62. The molecule has 0 aliphatic rings. The zero-order valence-corrected chi connectivity index (χ0v) is 7.32. The second-order valence-corrected chi connectivity index (χ2v) is 2.88. The van der Waals surface area contributed by atoms with Gasteiger partial charge in [-0.2, -0.15) is 8.42 Å². The van der Waals surface area contributed by atoms with E-state index < -0.39 is 16.2 Å². The van der Waals surface area contributed by atoms with Gasteiger partial charge in [-0.3, -0.25) is 9.11 Å². The van der Waals surface area contributed by atoms with E-state index in [2.05, 4.69) is 0 Å². The number of hydrogen-bond acceptors (Lipinski definition) is 5. The molecule has 0 saturated heterocycles. The van der Waals surface area contributed by atoms with Gasteiger partial charge in [0.2, 0.25) is 0 Å². The van der Waals surface area contributed by atoms with Crippen LogP contribution in [0.3, 0.4) is 0 Å². The zero-order chi connectivity index (χ0) is 10.4. The maximum Gasteiger partial charge on any atom is 0.394 e. The second-order valence-electron chi connectivity index (χ2n) is 1.99. The maximum absolute atomic E-state index is 8.74. The van der Waals surface area contributed by atoms with E-state index in [4.69, 9.17) is 33.5 Å². The molecule has 0 radical (unpaired) electrons. The van der Waals surface area contributed by atoms with Gasteiger partial charge < -0.3 is 15.9 Å². The Balaban J connectivity index is 0. The van der Waals surface area contributed by atoms with Crippen LogP contribution in [0.2, 0.25) is 0 Å². The minimum Gasteiger partial charge on any atom is -0.365 e. The van der Waals surface area contributed by atoms with Crippen LogP contribution >= 0.6 is 0 Å². The van der Waals surface area contributed by atoms with E-state index >= 15 is 0 Å². The van der Waals surface area contributed by atoms with Crippen molar-refractivity contribution < 1.29 is 27.7 Å². The first-order chi connectivity index (χ1) is 5.12. The number of hydrogen-bond donors (Lipinski definition) is 5. The van der Waals surface area contributed by atoms with Gasteiger partial charge in [0.1, 0.15) is 0 Å². The molecule has 0 amide bonds. The molecule has 0 aromatic rings. The Kier molecular flexibility index (Phi) is 6.43. The first-order valence-electron chi connectivity index (χ1n) is 2.97. The summed E-state index contributed by atoms with van der Waals surface area (Å²) in [5, 5.41) is 17.1. The molecular formula is C4H13NO6S. The van der Waals surface area contributed by atoms with Crippen LogP contribution in [0.15, 0.2) is 0 Å². The van der Waals surface area contributed by atoms with E-state index in [1.54, 1.807) is 6.92 Å². The van der Waals surface area contributed by atoms with Crippen molar-refractivity contribution in [3.63, 3.8) is 0 Å². The minimum atomic E-state index is -4.67. The quantitative estimate of drug-likeness (QED) is 0.268. The molecule has 7 nitrogen and oxygen atoms in total. The number of aliphatic hydroxyl groups is 2. The minimum absolute atomic E-state index is 0.0938. The van der Waals surface area contributed by atoms with E-state index in [1.165, 1.54) is 0 Å². The summed E-state index contributed by atoms with van der Waals surface area (Å²) in [5.74, 6) is -1.64. The molecule has 12 heavy (non-hydrogen) atoms. The lowest BCUT2D eigenvalue weighted by atomic mass is 10.2. The van der Waals surface area contributed by atoms with Gasteiger partial charge in [-0.1, -0.05) is 6.92 Å². The van der Waals surface area contributed by atoms with Gasteiger partial charge in [0.25, 0.3) is 0 Å². The van der Waals surface area contributed by atoms with Crippen molar-refractivity contribution in [2.24, 2.45) is 5.73 Å². The summed E-state index contributed by atoms with van der Waals surface area (Å²) < 4.78 is 31.6. The summed E-state index contributed by atoms with van der Waals surface area (Å²) in [4.78, 5) is 0. The summed E-state index contributed by atoms with van der Waals surface area (Å²) in [6, 6.07) is 0. The fraction of sp³-hybridized carbons (Fsp3) is 1.00. The van der Waals surface area contributed by atoms with Crippen LogP contribution in [0.1, 0.15) is 13.3 Å². The Bertz CT molecular complexity index is 184. The Hall–Kier alpha value is -0.250. The highest BCUT2D eigenvalue weighted by molar-refractivity contribution is 7.79. The molecule has 0 aromatic heterocycles. The first-order valence-corrected chi connectivity index (χ1v) is 4.37. The van der Waals surface area contributed by atoms with Crippen molar-refractivity contribution in [3.8, 4) is 0 Å². The molecular weight excluding hydrogens is 190 g/mol. The molecule has 0 bridgehead atoms.